The maximum Gasteiger partial charge on any atom is 0.234 e. The van der Waals surface area contributed by atoms with Crippen LogP contribution in [0.5, 0.6) is 5.75 Å². The Morgan fingerprint density at radius 1 is 1.44 bits per heavy atom. The molecule has 0 bridgehead atoms. The zero-order chi connectivity index (χ0) is 13.0. The van der Waals surface area contributed by atoms with Crippen molar-refractivity contribution in [3.63, 3.8) is 0 Å². The first kappa shape index (κ1) is 12.9. The number of nitrogens with two attached hydrogens (primary N) is 1. The number of rotatable bonds is 4. The zero-order valence-electron chi connectivity index (χ0n) is 10.6. The summed E-state index contributed by atoms with van der Waals surface area (Å²) in [6.07, 6.45) is 0. The quantitative estimate of drug-likeness (QED) is 0.796. The Bertz CT molecular complexity index is 405. The van der Waals surface area contributed by atoms with E-state index in [1.54, 1.807) is 7.11 Å². The topological polar surface area (TPSA) is 67.6 Å². The molecule has 0 spiro atoms. The summed E-state index contributed by atoms with van der Waals surface area (Å²) < 4.78 is 5.11. The van der Waals surface area contributed by atoms with Gasteiger partial charge in [-0.25, -0.2) is 0 Å². The highest BCUT2D eigenvalue weighted by molar-refractivity contribution is 5.78. The van der Waals surface area contributed by atoms with Crippen LogP contribution in [0.2, 0.25) is 0 Å². The van der Waals surface area contributed by atoms with Gasteiger partial charge in [0.1, 0.15) is 5.75 Å². The number of ether oxygens (including phenoxy) is 1. The van der Waals surface area contributed by atoms with Gasteiger partial charge < -0.3 is 15.8 Å². The number of carbonyl (C=O) groups is 1. The lowest BCUT2D eigenvalue weighted by Gasteiger charge is -2.28. The summed E-state index contributed by atoms with van der Waals surface area (Å²) in [5.41, 5.74) is 7.21. The van der Waals surface area contributed by atoms with Crippen molar-refractivity contribution in [2.75, 3.05) is 33.3 Å². The van der Waals surface area contributed by atoms with Crippen molar-refractivity contribution < 1.29 is 9.53 Å². The van der Waals surface area contributed by atoms with Gasteiger partial charge in [0, 0.05) is 25.7 Å². The normalized spacial score (nSPS) is 18.2. The first-order valence-electron chi connectivity index (χ1n) is 6.07. The highest BCUT2D eigenvalue weighted by atomic mass is 16.5. The van der Waals surface area contributed by atoms with E-state index in [0.717, 1.165) is 17.9 Å². The fourth-order valence-corrected chi connectivity index (χ4v) is 2.08. The minimum atomic E-state index is -0.0817. The number of methoxy groups -OCH3 is 1. The van der Waals surface area contributed by atoms with Crippen LogP contribution >= 0.6 is 0 Å². The Balaban J connectivity index is 1.93. The van der Waals surface area contributed by atoms with Gasteiger partial charge in [0.2, 0.25) is 5.91 Å². The van der Waals surface area contributed by atoms with Crippen LogP contribution in [-0.4, -0.2) is 44.1 Å². The molecule has 1 heterocycles. The molecule has 1 amide bonds. The molecule has 5 heteroatoms. The Morgan fingerprint density at radius 2 is 2.17 bits per heavy atom. The molecule has 1 unspecified atom stereocenters. The van der Waals surface area contributed by atoms with Gasteiger partial charge in [0.25, 0.3) is 0 Å². The van der Waals surface area contributed by atoms with Crippen molar-refractivity contribution in [2.45, 2.75) is 6.04 Å². The van der Waals surface area contributed by atoms with Crippen molar-refractivity contribution >= 4 is 5.91 Å². The third kappa shape index (κ3) is 3.21. The smallest absolute Gasteiger partial charge is 0.234 e. The first-order valence-corrected chi connectivity index (χ1v) is 6.07. The molecule has 1 saturated heterocycles. The molecule has 0 aliphatic carbocycles. The molecular weight excluding hydrogens is 230 g/mol. The van der Waals surface area contributed by atoms with Crippen LogP contribution in [0.3, 0.4) is 0 Å². The van der Waals surface area contributed by atoms with E-state index in [1.807, 2.05) is 24.3 Å². The van der Waals surface area contributed by atoms with Gasteiger partial charge in [-0.05, 0) is 17.7 Å². The summed E-state index contributed by atoms with van der Waals surface area (Å²) in [7, 11) is 1.64. The number of piperazine rings is 1. The van der Waals surface area contributed by atoms with Crippen LogP contribution in [0.4, 0.5) is 0 Å². The molecule has 98 valence electrons. The molecule has 18 heavy (non-hydrogen) atoms. The summed E-state index contributed by atoms with van der Waals surface area (Å²) in [6.45, 7) is 2.69. The predicted octanol–water partition coefficient (Wildman–Crippen LogP) is 0.127. The third-order valence-corrected chi connectivity index (χ3v) is 3.12. The molecule has 2 rings (SSSR count). The Labute approximate surface area is 107 Å². The van der Waals surface area contributed by atoms with Gasteiger partial charge in [-0.2, -0.15) is 0 Å². The van der Waals surface area contributed by atoms with E-state index < -0.39 is 0 Å². The van der Waals surface area contributed by atoms with Gasteiger partial charge in [0.05, 0.1) is 13.7 Å². The van der Waals surface area contributed by atoms with Crippen LogP contribution in [0.25, 0.3) is 0 Å². The van der Waals surface area contributed by atoms with Gasteiger partial charge in [-0.1, -0.05) is 12.1 Å². The van der Waals surface area contributed by atoms with Crippen molar-refractivity contribution in [1.82, 2.24) is 10.2 Å². The lowest BCUT2D eigenvalue weighted by Crippen LogP contribution is -2.49. The predicted molar refractivity (Wildman–Crippen MR) is 69.4 cm³/mol. The lowest BCUT2D eigenvalue weighted by atomic mass is 10.1. The van der Waals surface area contributed by atoms with Crippen LogP contribution in [-0.2, 0) is 4.79 Å². The van der Waals surface area contributed by atoms with E-state index in [9.17, 15) is 4.79 Å². The molecule has 0 saturated carbocycles. The van der Waals surface area contributed by atoms with E-state index in [1.165, 1.54) is 0 Å². The SMILES string of the molecule is COc1ccc(C(N)CN2CCNC(=O)C2)cc1. The third-order valence-electron chi connectivity index (χ3n) is 3.12. The van der Waals surface area contributed by atoms with Crippen molar-refractivity contribution in [3.05, 3.63) is 29.8 Å². The molecule has 1 aromatic rings. The fourth-order valence-electron chi connectivity index (χ4n) is 2.08. The highest BCUT2D eigenvalue weighted by Gasteiger charge is 2.18. The molecule has 5 nitrogen and oxygen atoms in total. The van der Waals surface area contributed by atoms with Crippen molar-refractivity contribution in [3.8, 4) is 5.75 Å². The minimum absolute atomic E-state index is 0.0724. The average molecular weight is 249 g/mol. The van der Waals surface area contributed by atoms with E-state index in [4.69, 9.17) is 10.5 Å². The lowest BCUT2D eigenvalue weighted by molar-refractivity contribution is -0.124. The molecule has 0 aromatic heterocycles. The number of amides is 1. The second-order valence-corrected chi connectivity index (χ2v) is 4.46. The van der Waals surface area contributed by atoms with Gasteiger partial charge in [0.15, 0.2) is 0 Å². The van der Waals surface area contributed by atoms with Crippen molar-refractivity contribution in [1.29, 1.82) is 0 Å². The number of nitrogens with one attached hydrogen (secondary N) is 1. The standard InChI is InChI=1S/C13H19N3O2/c1-18-11-4-2-10(3-5-11)12(14)8-16-7-6-15-13(17)9-16/h2-5,12H,6-9,14H2,1H3,(H,15,17). The summed E-state index contributed by atoms with van der Waals surface area (Å²) >= 11 is 0. The van der Waals surface area contributed by atoms with E-state index in [2.05, 4.69) is 10.2 Å². The molecule has 3 N–H and O–H groups in total. The van der Waals surface area contributed by atoms with E-state index >= 15 is 0 Å². The average Bonchev–Trinajstić information content (AvgIpc) is 2.39. The Kier molecular flexibility index (Phi) is 4.17. The molecule has 1 aliphatic heterocycles. The number of benzene rings is 1. The summed E-state index contributed by atoms with van der Waals surface area (Å²) in [6, 6.07) is 7.65. The second-order valence-electron chi connectivity index (χ2n) is 4.46. The summed E-state index contributed by atoms with van der Waals surface area (Å²) in [4.78, 5) is 13.3. The maximum atomic E-state index is 11.3. The molecule has 0 radical (unpaired) electrons. The second kappa shape index (κ2) is 5.84. The number of carbonyl (C=O) groups excluding carboxylic acids is 1. The van der Waals surface area contributed by atoms with Crippen molar-refractivity contribution in [2.24, 2.45) is 5.73 Å². The van der Waals surface area contributed by atoms with Gasteiger partial charge >= 0.3 is 0 Å². The van der Waals surface area contributed by atoms with Crippen LogP contribution in [0, 0.1) is 0 Å². The first-order chi connectivity index (χ1) is 8.69. The van der Waals surface area contributed by atoms with Crippen LogP contribution in [0.15, 0.2) is 24.3 Å². The molecule has 1 aliphatic rings. The summed E-state index contributed by atoms with van der Waals surface area (Å²) in [5, 5.41) is 2.80. The fraction of sp³-hybridized carbons (Fsp3) is 0.462. The maximum absolute atomic E-state index is 11.3. The Hall–Kier alpha value is -1.59. The van der Waals surface area contributed by atoms with E-state index in [-0.39, 0.29) is 11.9 Å². The van der Waals surface area contributed by atoms with E-state index in [0.29, 0.717) is 19.6 Å². The number of hydrogen-bond donors (Lipinski definition) is 2. The zero-order valence-corrected chi connectivity index (χ0v) is 10.6. The number of nitrogens with zero attached hydrogens (tertiary/aromatic N) is 1. The molecule has 1 atom stereocenters. The number of hydrogen-bond acceptors (Lipinski definition) is 4. The summed E-state index contributed by atoms with van der Waals surface area (Å²) in [5.74, 6) is 0.895. The van der Waals surface area contributed by atoms with Gasteiger partial charge in [-0.15, -0.1) is 0 Å². The largest absolute Gasteiger partial charge is 0.497 e. The molecular formula is C13H19N3O2. The minimum Gasteiger partial charge on any atom is -0.497 e. The molecule has 1 aromatic carbocycles. The Morgan fingerprint density at radius 3 is 2.78 bits per heavy atom. The van der Waals surface area contributed by atoms with Crippen LogP contribution < -0.4 is 15.8 Å². The van der Waals surface area contributed by atoms with Gasteiger partial charge in [-0.3, -0.25) is 9.69 Å². The van der Waals surface area contributed by atoms with Crippen LogP contribution in [0.1, 0.15) is 11.6 Å². The molecule has 1 fully saturated rings. The monoisotopic (exact) mass is 249 g/mol. The highest BCUT2D eigenvalue weighted by Crippen LogP contribution is 2.17.